The molecule has 65 heavy (non-hydrogen) atoms. The van der Waals surface area contributed by atoms with Gasteiger partial charge in [0.05, 0.1) is 19.3 Å². The second-order valence-electron chi connectivity index (χ2n) is 15.8. The minimum atomic E-state index is -5.45. The summed E-state index contributed by atoms with van der Waals surface area (Å²) in [5.41, 5.74) is 4.56. The van der Waals surface area contributed by atoms with Crippen molar-refractivity contribution in [2.45, 2.75) is 154 Å². The Bertz CT molecular complexity index is 1850. The lowest BCUT2D eigenvalue weighted by Gasteiger charge is -2.21. The number of nitrogens with two attached hydrogens (primary N) is 1. The van der Waals surface area contributed by atoms with Crippen LogP contribution in [0.25, 0.3) is 0 Å². The molecule has 3 unspecified atom stereocenters. The Labute approximate surface area is 382 Å². The highest BCUT2D eigenvalue weighted by molar-refractivity contribution is 7.61. The normalized spacial score (nSPS) is 20.9. The SMILES string of the molecule is CC/C=C\C/C=C\C/C=C\C/C=C\C=C\C(O)CCCC(=O)OC[C@H](COP(=O)(O)OP(=O)(O)OC[C@H]1O[C@@H](n2ccc(N)nc2=O)[C@H](O)[C@@H]1O)OC(=O)CCCCCCCCC(C)C. The summed E-state index contributed by atoms with van der Waals surface area (Å²) in [7, 11) is -10.9. The largest absolute Gasteiger partial charge is 0.481 e. The van der Waals surface area contributed by atoms with Crippen molar-refractivity contribution in [3.05, 3.63) is 83.5 Å². The first-order chi connectivity index (χ1) is 30.9. The summed E-state index contributed by atoms with van der Waals surface area (Å²) in [6.07, 6.45) is 22.7. The molecule has 21 heteroatoms. The molecule has 8 atom stereocenters. The number of allylic oxidation sites excluding steroid dienone is 9. The van der Waals surface area contributed by atoms with Crippen LogP contribution < -0.4 is 11.4 Å². The molecule has 0 bridgehead atoms. The number of nitrogens with zero attached hydrogens (tertiary/aromatic N) is 2. The van der Waals surface area contributed by atoms with Gasteiger partial charge in [-0.3, -0.25) is 23.2 Å². The van der Waals surface area contributed by atoms with E-state index in [4.69, 9.17) is 29.0 Å². The second kappa shape index (κ2) is 32.2. The monoisotopic (exact) mass is 959 g/mol. The number of anilines is 1. The van der Waals surface area contributed by atoms with Crippen molar-refractivity contribution in [2.24, 2.45) is 5.92 Å². The lowest BCUT2D eigenvalue weighted by Crippen LogP contribution is -2.36. The van der Waals surface area contributed by atoms with Gasteiger partial charge >= 0.3 is 33.3 Å². The Hall–Kier alpha value is -3.58. The Morgan fingerprint density at radius 3 is 2.11 bits per heavy atom. The lowest BCUT2D eigenvalue weighted by atomic mass is 10.0. The molecule has 1 fully saturated rings. The molecule has 1 aliphatic rings. The number of carbonyl (C=O) groups is 2. The van der Waals surface area contributed by atoms with Gasteiger partial charge in [-0.1, -0.05) is 120 Å². The summed E-state index contributed by atoms with van der Waals surface area (Å²) in [5.74, 6) is -0.882. The van der Waals surface area contributed by atoms with Crippen LogP contribution in [0.4, 0.5) is 5.82 Å². The number of hydrogen-bond donors (Lipinski definition) is 6. The highest BCUT2D eigenvalue weighted by Gasteiger charge is 2.46. The van der Waals surface area contributed by atoms with E-state index in [0.29, 0.717) is 12.3 Å². The van der Waals surface area contributed by atoms with E-state index in [9.17, 15) is 48.6 Å². The maximum atomic E-state index is 12.8. The van der Waals surface area contributed by atoms with Crippen molar-refractivity contribution >= 4 is 33.4 Å². The van der Waals surface area contributed by atoms with E-state index < -0.39 is 89.8 Å². The number of aliphatic hydroxyl groups is 3. The first-order valence-corrected chi connectivity index (χ1v) is 25.3. The van der Waals surface area contributed by atoms with Gasteiger partial charge in [-0.2, -0.15) is 9.29 Å². The van der Waals surface area contributed by atoms with Crippen LogP contribution in [-0.2, 0) is 46.3 Å². The van der Waals surface area contributed by atoms with Crippen molar-refractivity contribution < 1.29 is 71.4 Å². The summed E-state index contributed by atoms with van der Waals surface area (Å²) in [5, 5.41) is 31.1. The molecule has 0 radical (unpaired) electrons. The summed E-state index contributed by atoms with van der Waals surface area (Å²) in [6, 6.07) is 1.23. The molecule has 1 aromatic rings. The first-order valence-electron chi connectivity index (χ1n) is 22.3. The van der Waals surface area contributed by atoms with E-state index in [1.54, 1.807) is 12.2 Å². The highest BCUT2D eigenvalue weighted by atomic mass is 31.3. The number of phosphoric ester groups is 2. The quantitative estimate of drug-likeness (QED) is 0.0136. The van der Waals surface area contributed by atoms with Crippen LogP contribution in [0, 0.1) is 5.92 Å². The predicted molar refractivity (Wildman–Crippen MR) is 244 cm³/mol. The molecule has 2 rings (SSSR count). The Morgan fingerprint density at radius 2 is 1.45 bits per heavy atom. The van der Waals surface area contributed by atoms with E-state index in [1.807, 2.05) is 18.2 Å². The molecule has 1 aromatic heterocycles. The van der Waals surface area contributed by atoms with Gasteiger partial charge in [0.1, 0.15) is 30.7 Å². The Morgan fingerprint density at radius 1 is 0.831 bits per heavy atom. The summed E-state index contributed by atoms with van der Waals surface area (Å²) >= 11 is 0. The second-order valence-corrected chi connectivity index (χ2v) is 18.9. The zero-order valence-corrected chi connectivity index (χ0v) is 39.6. The van der Waals surface area contributed by atoms with Crippen LogP contribution >= 0.6 is 15.6 Å². The minimum absolute atomic E-state index is 0.00382. The minimum Gasteiger partial charge on any atom is -0.462 e. The van der Waals surface area contributed by atoms with E-state index in [2.05, 4.69) is 60.4 Å². The number of nitrogen functional groups attached to an aromatic ring is 1. The molecule has 1 saturated heterocycles. The number of hydrogen-bond acceptors (Lipinski definition) is 16. The average Bonchev–Trinajstić information content (AvgIpc) is 3.52. The topological polar surface area (TPSA) is 286 Å². The third-order valence-corrected chi connectivity index (χ3v) is 12.3. The van der Waals surface area contributed by atoms with E-state index >= 15 is 0 Å². The Kier molecular flexibility index (Phi) is 28.5. The van der Waals surface area contributed by atoms with Gasteiger partial charge < -0.3 is 45.1 Å². The molecule has 1 aliphatic heterocycles. The van der Waals surface area contributed by atoms with Crippen LogP contribution in [0.5, 0.6) is 0 Å². The molecular weight excluding hydrogens is 888 g/mol. The molecule has 0 saturated carbocycles. The molecule has 0 amide bonds. The maximum Gasteiger partial charge on any atom is 0.481 e. The molecule has 0 aromatic carbocycles. The molecular formula is C44H71N3O16P2. The zero-order chi connectivity index (χ0) is 48.1. The maximum absolute atomic E-state index is 12.8. The van der Waals surface area contributed by atoms with E-state index in [-0.39, 0.29) is 31.5 Å². The van der Waals surface area contributed by atoms with Crippen LogP contribution in [-0.4, -0.2) is 96.9 Å². The first kappa shape index (κ1) is 57.5. The van der Waals surface area contributed by atoms with Gasteiger partial charge in [-0.05, 0) is 56.9 Å². The number of rotatable bonds is 34. The predicted octanol–water partition coefficient (Wildman–Crippen LogP) is 6.82. The number of ether oxygens (including phenoxy) is 3. The number of esters is 2. The van der Waals surface area contributed by atoms with Crippen molar-refractivity contribution in [1.29, 1.82) is 0 Å². The average molecular weight is 960 g/mol. The number of aliphatic hydroxyl groups excluding tert-OH is 3. The van der Waals surface area contributed by atoms with E-state index in [0.717, 1.165) is 75.0 Å². The smallest absolute Gasteiger partial charge is 0.462 e. The third kappa shape index (κ3) is 26.4. The number of phosphoric acid groups is 2. The van der Waals surface area contributed by atoms with Gasteiger partial charge in [0.25, 0.3) is 0 Å². The van der Waals surface area contributed by atoms with Crippen LogP contribution in [0.3, 0.4) is 0 Å². The van der Waals surface area contributed by atoms with Gasteiger partial charge in [0.2, 0.25) is 0 Å². The third-order valence-electron chi connectivity index (χ3n) is 9.65. The molecule has 7 N–H and O–H groups in total. The van der Waals surface area contributed by atoms with Crippen molar-refractivity contribution in [3.63, 3.8) is 0 Å². The Balaban J connectivity index is 1.88. The van der Waals surface area contributed by atoms with Crippen LogP contribution in [0.2, 0.25) is 0 Å². The van der Waals surface area contributed by atoms with Gasteiger partial charge in [-0.25, -0.2) is 13.9 Å². The molecule has 0 spiro atoms. The molecule has 368 valence electrons. The summed E-state index contributed by atoms with van der Waals surface area (Å²) in [4.78, 5) is 61.6. The van der Waals surface area contributed by atoms with E-state index in [1.165, 1.54) is 6.07 Å². The summed E-state index contributed by atoms with van der Waals surface area (Å²) < 4.78 is 56.3. The molecule has 0 aliphatic carbocycles. The number of aromatic nitrogens is 2. The molecule has 2 heterocycles. The van der Waals surface area contributed by atoms with Gasteiger partial charge in [0.15, 0.2) is 12.3 Å². The van der Waals surface area contributed by atoms with Crippen molar-refractivity contribution in [1.82, 2.24) is 9.55 Å². The highest BCUT2D eigenvalue weighted by Crippen LogP contribution is 2.60. The number of carbonyl (C=O) groups excluding carboxylic acids is 2. The fourth-order valence-electron chi connectivity index (χ4n) is 6.17. The lowest BCUT2D eigenvalue weighted by molar-refractivity contribution is -0.161. The standard InChI is InChI=1S/C44H71N3O16P2/c1-4-5-6-7-8-9-10-11-12-13-14-18-21-25-35(48)26-23-28-39(49)58-31-36(61-40(50)27-22-19-16-15-17-20-24-34(2)3)32-59-64(54,55)63-65(56,57)60-33-37-41(51)42(52)43(62-37)47-30-29-38(45)46-44(47)53/h5-6,8-9,11-12,14,18,21,25,29-30,34-37,41-43,48,51-52H,4,7,10,13,15-17,19-20,22-24,26-28,31-33H2,1-3H3,(H,54,55)(H,56,57)(H2,45,46,53)/b6-5-,9-8-,12-11-,18-14-,25-21+/t35?,36-,37-,41-,42-,43-/m1/s1. The summed E-state index contributed by atoms with van der Waals surface area (Å²) in [6.45, 7) is 3.97. The number of unbranched alkanes of at least 4 members (excludes halogenated alkanes) is 5. The van der Waals surface area contributed by atoms with Gasteiger partial charge in [-0.15, -0.1) is 0 Å². The molecule has 19 nitrogen and oxygen atoms in total. The fraction of sp³-hybridized carbons (Fsp3) is 0.636. The van der Waals surface area contributed by atoms with Crippen LogP contribution in [0.1, 0.15) is 123 Å². The van der Waals surface area contributed by atoms with Crippen molar-refractivity contribution in [3.8, 4) is 0 Å². The zero-order valence-electron chi connectivity index (χ0n) is 37.8. The van der Waals surface area contributed by atoms with Crippen LogP contribution in [0.15, 0.2) is 77.8 Å². The van der Waals surface area contributed by atoms with Gasteiger partial charge in [0, 0.05) is 19.0 Å². The van der Waals surface area contributed by atoms with Crippen molar-refractivity contribution in [2.75, 3.05) is 25.6 Å². The fourth-order valence-corrected chi connectivity index (χ4v) is 8.28.